The molecule has 0 spiro atoms. The Bertz CT molecular complexity index is 757. The summed E-state index contributed by atoms with van der Waals surface area (Å²) in [5.41, 5.74) is 1.73. The van der Waals surface area contributed by atoms with Crippen LogP contribution in [-0.4, -0.2) is 74.1 Å². The van der Waals surface area contributed by atoms with Crippen LogP contribution >= 0.6 is 11.6 Å². The summed E-state index contributed by atoms with van der Waals surface area (Å²) in [6.45, 7) is 4.72. The van der Waals surface area contributed by atoms with Crippen LogP contribution in [0, 0.1) is 0 Å². The van der Waals surface area contributed by atoms with Gasteiger partial charge in [-0.3, -0.25) is 4.79 Å². The number of pyridine rings is 1. The molecule has 1 aliphatic rings. The molecule has 6 nitrogen and oxygen atoms in total. The van der Waals surface area contributed by atoms with Gasteiger partial charge in [-0.15, -0.1) is 0 Å². The van der Waals surface area contributed by atoms with Crippen LogP contribution in [0.1, 0.15) is 10.4 Å². The number of benzene rings is 1. The topological polar surface area (TPSA) is 51.7 Å². The number of likely N-dealkylation sites (N-methyl/N-ethyl adjacent to an activating group) is 1. The van der Waals surface area contributed by atoms with E-state index in [1.807, 2.05) is 49.3 Å². The number of carbonyl (C=O) groups is 1. The number of nitrogens with zero attached hydrogens (tertiary/aromatic N) is 4. The Morgan fingerprint density at radius 2 is 1.96 bits per heavy atom. The molecule has 2 heterocycles. The highest BCUT2D eigenvalue weighted by Gasteiger charge is 2.22. The standard InChI is InChI=1S/C20H26ClN5O/c1-24(2)9-8-22-19-7-6-16(15-23-19)20(27)26-12-10-25(11-13-26)18-5-3-4-17(21)14-18/h3-7,14-15H,8-13H2,1-2H3,(H,22,23). The second-order valence-electron chi connectivity index (χ2n) is 6.92. The zero-order valence-electron chi connectivity index (χ0n) is 15.9. The molecule has 3 rings (SSSR count). The fourth-order valence-electron chi connectivity index (χ4n) is 3.06. The van der Waals surface area contributed by atoms with E-state index in [-0.39, 0.29) is 5.91 Å². The molecule has 1 aromatic heterocycles. The van der Waals surface area contributed by atoms with Crippen molar-refractivity contribution in [2.24, 2.45) is 0 Å². The maximum atomic E-state index is 12.7. The van der Waals surface area contributed by atoms with Crippen molar-refractivity contribution < 1.29 is 4.79 Å². The van der Waals surface area contributed by atoms with Gasteiger partial charge < -0.3 is 20.0 Å². The molecule has 27 heavy (non-hydrogen) atoms. The van der Waals surface area contributed by atoms with Crippen LogP contribution in [0.3, 0.4) is 0 Å². The minimum absolute atomic E-state index is 0.0353. The second kappa shape index (κ2) is 9.06. The van der Waals surface area contributed by atoms with Crippen LogP contribution in [0.4, 0.5) is 11.5 Å². The molecule has 0 bridgehead atoms. The fraction of sp³-hybridized carbons (Fsp3) is 0.400. The molecular formula is C20H26ClN5O. The Morgan fingerprint density at radius 1 is 1.19 bits per heavy atom. The minimum atomic E-state index is 0.0353. The van der Waals surface area contributed by atoms with E-state index in [0.29, 0.717) is 18.7 Å². The number of aromatic nitrogens is 1. The van der Waals surface area contributed by atoms with Gasteiger partial charge in [0.1, 0.15) is 5.82 Å². The molecule has 2 aromatic rings. The summed E-state index contributed by atoms with van der Waals surface area (Å²) >= 11 is 6.08. The summed E-state index contributed by atoms with van der Waals surface area (Å²) in [6.07, 6.45) is 1.66. The van der Waals surface area contributed by atoms with Crippen LogP contribution in [0.2, 0.25) is 5.02 Å². The van der Waals surface area contributed by atoms with Crippen LogP contribution in [0.15, 0.2) is 42.6 Å². The van der Waals surface area contributed by atoms with E-state index in [1.165, 1.54) is 0 Å². The van der Waals surface area contributed by atoms with E-state index in [4.69, 9.17) is 11.6 Å². The predicted octanol–water partition coefficient (Wildman–Crippen LogP) is 2.67. The average Bonchev–Trinajstić information content (AvgIpc) is 2.68. The van der Waals surface area contributed by atoms with Gasteiger partial charge in [-0.25, -0.2) is 4.98 Å². The SMILES string of the molecule is CN(C)CCNc1ccc(C(=O)N2CCN(c3cccc(Cl)c3)CC2)cn1. The molecular weight excluding hydrogens is 362 g/mol. The number of halogens is 1. The van der Waals surface area contributed by atoms with Gasteiger partial charge in [-0.05, 0) is 44.4 Å². The summed E-state index contributed by atoms with van der Waals surface area (Å²) in [5, 5.41) is 3.99. The molecule has 1 saturated heterocycles. The van der Waals surface area contributed by atoms with Crippen molar-refractivity contribution in [2.75, 3.05) is 63.6 Å². The molecule has 1 fully saturated rings. The predicted molar refractivity (Wildman–Crippen MR) is 111 cm³/mol. The molecule has 1 aromatic carbocycles. The Morgan fingerprint density at radius 3 is 2.59 bits per heavy atom. The molecule has 1 amide bonds. The zero-order valence-corrected chi connectivity index (χ0v) is 16.6. The van der Waals surface area contributed by atoms with E-state index in [2.05, 4.69) is 26.2 Å². The van der Waals surface area contributed by atoms with Crippen molar-refractivity contribution in [3.8, 4) is 0 Å². The Kier molecular flexibility index (Phi) is 6.53. The van der Waals surface area contributed by atoms with Gasteiger partial charge in [-0.2, -0.15) is 0 Å². The third-order valence-electron chi connectivity index (χ3n) is 4.62. The lowest BCUT2D eigenvalue weighted by Crippen LogP contribution is -2.48. The second-order valence-corrected chi connectivity index (χ2v) is 7.36. The molecule has 1 aliphatic heterocycles. The number of carbonyl (C=O) groups excluding carboxylic acids is 1. The lowest BCUT2D eigenvalue weighted by Gasteiger charge is -2.36. The fourth-order valence-corrected chi connectivity index (χ4v) is 3.24. The third-order valence-corrected chi connectivity index (χ3v) is 4.85. The van der Waals surface area contributed by atoms with Gasteiger partial charge in [0.15, 0.2) is 0 Å². The Labute approximate surface area is 165 Å². The number of nitrogens with one attached hydrogen (secondary N) is 1. The maximum absolute atomic E-state index is 12.7. The van der Waals surface area contributed by atoms with Gasteiger partial charge in [0.25, 0.3) is 5.91 Å². The van der Waals surface area contributed by atoms with Gasteiger partial charge >= 0.3 is 0 Å². The van der Waals surface area contributed by atoms with Crippen molar-refractivity contribution in [3.63, 3.8) is 0 Å². The first kappa shape index (κ1) is 19.5. The first-order valence-corrected chi connectivity index (χ1v) is 9.55. The number of piperazine rings is 1. The van der Waals surface area contributed by atoms with Crippen LogP contribution in [-0.2, 0) is 0 Å². The lowest BCUT2D eigenvalue weighted by molar-refractivity contribution is 0.0746. The quantitative estimate of drug-likeness (QED) is 0.825. The summed E-state index contributed by atoms with van der Waals surface area (Å²) in [7, 11) is 4.06. The lowest BCUT2D eigenvalue weighted by atomic mass is 10.2. The highest BCUT2D eigenvalue weighted by Crippen LogP contribution is 2.21. The van der Waals surface area contributed by atoms with Crippen LogP contribution < -0.4 is 10.2 Å². The first-order chi connectivity index (χ1) is 13.0. The van der Waals surface area contributed by atoms with Crippen molar-refractivity contribution in [3.05, 3.63) is 53.2 Å². The van der Waals surface area contributed by atoms with Crippen molar-refractivity contribution in [2.45, 2.75) is 0 Å². The van der Waals surface area contributed by atoms with E-state index < -0.39 is 0 Å². The third kappa shape index (κ3) is 5.34. The molecule has 0 saturated carbocycles. The highest BCUT2D eigenvalue weighted by atomic mass is 35.5. The normalized spacial score (nSPS) is 14.5. The van der Waals surface area contributed by atoms with E-state index in [9.17, 15) is 4.79 Å². The first-order valence-electron chi connectivity index (χ1n) is 9.17. The number of hydrogen-bond acceptors (Lipinski definition) is 5. The summed E-state index contributed by atoms with van der Waals surface area (Å²) in [5.74, 6) is 0.826. The number of rotatable bonds is 6. The molecule has 1 N–H and O–H groups in total. The van der Waals surface area contributed by atoms with Crippen molar-refractivity contribution in [1.29, 1.82) is 0 Å². The minimum Gasteiger partial charge on any atom is -0.369 e. The average molecular weight is 388 g/mol. The van der Waals surface area contributed by atoms with E-state index in [0.717, 1.165) is 42.7 Å². The number of anilines is 2. The Hall–Kier alpha value is -2.31. The number of amides is 1. The Balaban J connectivity index is 1.53. The summed E-state index contributed by atoms with van der Waals surface area (Å²) in [6, 6.07) is 11.5. The van der Waals surface area contributed by atoms with E-state index >= 15 is 0 Å². The zero-order chi connectivity index (χ0) is 19.2. The highest BCUT2D eigenvalue weighted by molar-refractivity contribution is 6.30. The number of hydrogen-bond donors (Lipinski definition) is 1. The molecule has 144 valence electrons. The molecule has 0 aliphatic carbocycles. The summed E-state index contributed by atoms with van der Waals surface area (Å²) in [4.78, 5) is 23.3. The van der Waals surface area contributed by atoms with Crippen LogP contribution in [0.5, 0.6) is 0 Å². The molecule has 7 heteroatoms. The molecule has 0 atom stereocenters. The largest absolute Gasteiger partial charge is 0.369 e. The molecule has 0 radical (unpaired) electrons. The van der Waals surface area contributed by atoms with Gasteiger partial charge in [-0.1, -0.05) is 17.7 Å². The van der Waals surface area contributed by atoms with Gasteiger partial charge in [0.05, 0.1) is 5.56 Å². The van der Waals surface area contributed by atoms with Gasteiger partial charge in [0, 0.05) is 56.2 Å². The van der Waals surface area contributed by atoms with Crippen LogP contribution in [0.25, 0.3) is 0 Å². The van der Waals surface area contributed by atoms with Crippen molar-refractivity contribution in [1.82, 2.24) is 14.8 Å². The monoisotopic (exact) mass is 387 g/mol. The summed E-state index contributed by atoms with van der Waals surface area (Å²) < 4.78 is 0. The maximum Gasteiger partial charge on any atom is 0.255 e. The van der Waals surface area contributed by atoms with Crippen molar-refractivity contribution >= 4 is 29.0 Å². The molecule has 0 unspecified atom stereocenters. The smallest absolute Gasteiger partial charge is 0.255 e. The van der Waals surface area contributed by atoms with E-state index in [1.54, 1.807) is 6.20 Å². The van der Waals surface area contributed by atoms with Gasteiger partial charge in [0.2, 0.25) is 0 Å².